The molecule has 0 aliphatic heterocycles. The number of aryl methyl sites for hydroxylation is 3. The normalized spacial score (nSPS) is 11.0. The van der Waals surface area contributed by atoms with Crippen molar-refractivity contribution in [2.45, 2.75) is 32.8 Å². The lowest BCUT2D eigenvalue weighted by atomic mass is 10.2. The summed E-state index contributed by atoms with van der Waals surface area (Å²) in [4.78, 5) is 65.6. The van der Waals surface area contributed by atoms with Gasteiger partial charge in [-0.3, -0.25) is 19.7 Å². The van der Waals surface area contributed by atoms with Crippen molar-refractivity contribution in [2.75, 3.05) is 29.6 Å². The van der Waals surface area contributed by atoms with Gasteiger partial charge in [0.05, 0.1) is 18.5 Å². The number of nitrogens with zero attached hydrogens (tertiary/aromatic N) is 4. The minimum absolute atomic E-state index is 0.0246. The number of carbonyl (C=O) groups excluding carboxylic acids is 5. The first kappa shape index (κ1) is 30.5. The van der Waals surface area contributed by atoms with Crippen LogP contribution in [0.5, 0.6) is 0 Å². The van der Waals surface area contributed by atoms with Crippen LogP contribution in [0.15, 0.2) is 30.7 Å². The number of amides is 4. The zero-order valence-corrected chi connectivity index (χ0v) is 23.9. The Bertz CT molecular complexity index is 1480. The Balaban J connectivity index is 1.50. The molecular weight excluding hydrogens is 536 g/mol. The van der Waals surface area contributed by atoms with Gasteiger partial charge in [-0.2, -0.15) is 0 Å². The van der Waals surface area contributed by atoms with Crippen LogP contribution in [-0.2, 0) is 35.4 Å². The van der Waals surface area contributed by atoms with Crippen molar-refractivity contribution in [1.29, 1.82) is 0 Å². The standard InChI is InChI=1S/C26H34N8O7/c1-26(2,3)41-25(39)29-16-10-17(32(4)13-16)22(36)27-9-8-20(35)30-19-14-34(6)21(31-19)23(37)28-15-11-18(24(38)40-7)33(5)12-15/h10-14H,8-9H2,1-7H3,(H,27,36)(H,28,37)(H,29,39)(H,30,35). The second-order valence-corrected chi connectivity index (χ2v) is 10.1. The molecule has 0 bridgehead atoms. The fourth-order valence-electron chi connectivity index (χ4n) is 3.73. The molecule has 3 aromatic rings. The van der Waals surface area contributed by atoms with Crippen molar-refractivity contribution in [2.24, 2.45) is 21.1 Å². The largest absolute Gasteiger partial charge is 0.464 e. The summed E-state index contributed by atoms with van der Waals surface area (Å²) in [7, 11) is 6.14. The van der Waals surface area contributed by atoms with Crippen molar-refractivity contribution >= 4 is 47.0 Å². The van der Waals surface area contributed by atoms with E-state index in [0.29, 0.717) is 11.4 Å². The molecule has 0 unspecified atom stereocenters. The van der Waals surface area contributed by atoms with Gasteiger partial charge in [0.2, 0.25) is 11.7 Å². The minimum atomic E-state index is -0.664. The van der Waals surface area contributed by atoms with Crippen LogP contribution in [0.1, 0.15) is 58.8 Å². The van der Waals surface area contributed by atoms with E-state index in [2.05, 4.69) is 26.3 Å². The molecule has 15 nitrogen and oxygen atoms in total. The van der Waals surface area contributed by atoms with Gasteiger partial charge >= 0.3 is 12.1 Å². The summed E-state index contributed by atoms with van der Waals surface area (Å²) >= 11 is 0. The Morgan fingerprint density at radius 1 is 0.829 bits per heavy atom. The number of hydrogen-bond donors (Lipinski definition) is 4. The topological polar surface area (TPSA) is 180 Å². The summed E-state index contributed by atoms with van der Waals surface area (Å²) in [5.41, 5.74) is 0.619. The molecule has 3 aromatic heterocycles. The zero-order valence-electron chi connectivity index (χ0n) is 23.9. The Hall–Kier alpha value is -5.08. The molecule has 0 spiro atoms. The molecular formula is C26H34N8O7. The predicted octanol–water partition coefficient (Wildman–Crippen LogP) is 2.24. The summed E-state index contributed by atoms with van der Waals surface area (Å²) in [5.74, 6) is -1.79. The van der Waals surface area contributed by atoms with Gasteiger partial charge in [-0.05, 0) is 32.9 Å². The second-order valence-electron chi connectivity index (χ2n) is 10.1. The Kier molecular flexibility index (Phi) is 9.21. The molecule has 0 radical (unpaired) electrons. The van der Waals surface area contributed by atoms with E-state index in [1.807, 2.05) is 0 Å². The van der Waals surface area contributed by atoms with Gasteiger partial charge in [0, 0.05) is 52.7 Å². The molecule has 0 fully saturated rings. The third kappa shape index (κ3) is 8.20. The number of rotatable bonds is 9. The van der Waals surface area contributed by atoms with E-state index in [1.54, 1.807) is 54.3 Å². The van der Waals surface area contributed by atoms with Gasteiger partial charge < -0.3 is 39.1 Å². The molecule has 0 aliphatic rings. The van der Waals surface area contributed by atoms with Crippen LogP contribution >= 0.6 is 0 Å². The zero-order chi connectivity index (χ0) is 30.5. The maximum atomic E-state index is 12.7. The first-order valence-electron chi connectivity index (χ1n) is 12.5. The monoisotopic (exact) mass is 570 g/mol. The van der Waals surface area contributed by atoms with Crippen LogP contribution in [0.4, 0.5) is 22.0 Å². The molecule has 4 amide bonds. The van der Waals surface area contributed by atoms with Crippen molar-refractivity contribution in [3.8, 4) is 0 Å². The summed E-state index contributed by atoms with van der Waals surface area (Å²) in [6.45, 7) is 5.26. The van der Waals surface area contributed by atoms with Crippen molar-refractivity contribution in [3.63, 3.8) is 0 Å². The Morgan fingerprint density at radius 2 is 1.44 bits per heavy atom. The molecule has 0 atom stereocenters. The van der Waals surface area contributed by atoms with Crippen LogP contribution < -0.4 is 21.3 Å². The molecule has 0 aliphatic carbocycles. The minimum Gasteiger partial charge on any atom is -0.464 e. The third-order valence-corrected chi connectivity index (χ3v) is 5.52. The highest BCUT2D eigenvalue weighted by Crippen LogP contribution is 2.17. The predicted molar refractivity (Wildman–Crippen MR) is 149 cm³/mol. The lowest BCUT2D eigenvalue weighted by molar-refractivity contribution is -0.116. The van der Waals surface area contributed by atoms with Gasteiger partial charge in [0.25, 0.3) is 11.8 Å². The molecule has 4 N–H and O–H groups in total. The average molecular weight is 571 g/mol. The maximum Gasteiger partial charge on any atom is 0.412 e. The van der Waals surface area contributed by atoms with E-state index in [0.717, 1.165) is 0 Å². The third-order valence-electron chi connectivity index (χ3n) is 5.52. The lowest BCUT2D eigenvalue weighted by Crippen LogP contribution is -2.29. The number of hydrogen-bond acceptors (Lipinski definition) is 8. The molecule has 3 heterocycles. The number of nitrogens with one attached hydrogen (secondary N) is 4. The highest BCUT2D eigenvalue weighted by atomic mass is 16.6. The first-order chi connectivity index (χ1) is 19.2. The lowest BCUT2D eigenvalue weighted by Gasteiger charge is -2.19. The Morgan fingerprint density at radius 3 is 2.07 bits per heavy atom. The van der Waals surface area contributed by atoms with Crippen molar-refractivity contribution in [1.82, 2.24) is 24.0 Å². The number of esters is 1. The van der Waals surface area contributed by atoms with E-state index in [-0.39, 0.29) is 36.0 Å². The van der Waals surface area contributed by atoms with Crippen molar-refractivity contribution < 1.29 is 33.4 Å². The molecule has 3 rings (SSSR count). The quantitative estimate of drug-likeness (QED) is 0.283. The number of imidazole rings is 1. The molecule has 15 heteroatoms. The highest BCUT2D eigenvalue weighted by Gasteiger charge is 2.20. The second kappa shape index (κ2) is 12.4. The summed E-state index contributed by atoms with van der Waals surface area (Å²) in [6, 6.07) is 2.96. The van der Waals surface area contributed by atoms with Crippen LogP contribution in [0.2, 0.25) is 0 Å². The number of methoxy groups -OCH3 is 1. The molecule has 0 aromatic carbocycles. The van der Waals surface area contributed by atoms with Crippen LogP contribution in [0.3, 0.4) is 0 Å². The van der Waals surface area contributed by atoms with E-state index in [4.69, 9.17) is 9.47 Å². The smallest absolute Gasteiger partial charge is 0.412 e. The SMILES string of the molecule is COC(=O)c1cc(NC(=O)c2nc(NC(=O)CCNC(=O)c3cc(NC(=O)OC(C)(C)C)cn3C)cn2C)cn1C. The van der Waals surface area contributed by atoms with E-state index < -0.39 is 35.4 Å². The van der Waals surface area contributed by atoms with E-state index in [9.17, 15) is 24.0 Å². The maximum absolute atomic E-state index is 12.7. The number of anilines is 3. The fourth-order valence-corrected chi connectivity index (χ4v) is 3.73. The number of carbonyl (C=O) groups is 5. The van der Waals surface area contributed by atoms with Crippen LogP contribution in [0.25, 0.3) is 0 Å². The highest BCUT2D eigenvalue weighted by molar-refractivity contribution is 6.03. The molecule has 0 saturated heterocycles. The van der Waals surface area contributed by atoms with Crippen LogP contribution in [-0.4, -0.2) is 67.7 Å². The van der Waals surface area contributed by atoms with Gasteiger partial charge in [-0.1, -0.05) is 0 Å². The summed E-state index contributed by atoms with van der Waals surface area (Å²) in [5, 5.41) is 10.5. The van der Waals surface area contributed by atoms with Gasteiger partial charge in [-0.25, -0.2) is 14.6 Å². The fraction of sp³-hybridized carbons (Fsp3) is 0.385. The first-order valence-corrected chi connectivity index (χ1v) is 12.5. The summed E-state index contributed by atoms with van der Waals surface area (Å²) in [6.07, 6.45) is 3.89. The van der Waals surface area contributed by atoms with Gasteiger partial charge in [0.15, 0.2) is 5.82 Å². The van der Waals surface area contributed by atoms with E-state index in [1.165, 1.54) is 39.1 Å². The van der Waals surface area contributed by atoms with E-state index >= 15 is 0 Å². The molecule has 41 heavy (non-hydrogen) atoms. The molecule has 220 valence electrons. The van der Waals surface area contributed by atoms with Crippen molar-refractivity contribution in [3.05, 3.63) is 47.9 Å². The van der Waals surface area contributed by atoms with Gasteiger partial charge in [0.1, 0.15) is 17.0 Å². The van der Waals surface area contributed by atoms with Crippen LogP contribution in [0, 0.1) is 0 Å². The number of ether oxygens (including phenoxy) is 2. The Labute approximate surface area is 236 Å². The van der Waals surface area contributed by atoms with Gasteiger partial charge in [-0.15, -0.1) is 0 Å². The molecule has 0 saturated carbocycles. The summed E-state index contributed by atoms with van der Waals surface area (Å²) < 4.78 is 14.4. The average Bonchev–Trinajstić information content (AvgIpc) is 3.52. The number of aromatic nitrogens is 4.